The monoisotopic (exact) mass is 335 g/mol. The number of carbonyl (C=O) groups is 1. The van der Waals surface area contributed by atoms with Gasteiger partial charge in [0, 0.05) is 22.6 Å². The summed E-state index contributed by atoms with van der Waals surface area (Å²) in [5.41, 5.74) is 1.07. The summed E-state index contributed by atoms with van der Waals surface area (Å²) in [7, 11) is 1.56. The van der Waals surface area contributed by atoms with Crippen molar-refractivity contribution in [3.05, 3.63) is 16.5 Å². The van der Waals surface area contributed by atoms with Gasteiger partial charge in [-0.1, -0.05) is 13.3 Å². The molecule has 0 aliphatic heterocycles. The van der Waals surface area contributed by atoms with Crippen LogP contribution in [-0.2, 0) is 9.05 Å². The van der Waals surface area contributed by atoms with Crippen LogP contribution in [0.4, 0.5) is 0 Å². The number of amides is 1. The average Bonchev–Trinajstić information content (AvgIpc) is 2.69. The van der Waals surface area contributed by atoms with Crippen molar-refractivity contribution in [2.24, 2.45) is 5.41 Å². The molecular weight excluding hydrogens is 318 g/mol. The molecule has 1 heterocycles. The molecule has 1 aliphatic rings. The number of thiophene rings is 1. The van der Waals surface area contributed by atoms with E-state index in [9.17, 15) is 13.2 Å². The third kappa shape index (κ3) is 3.02. The van der Waals surface area contributed by atoms with Crippen LogP contribution in [-0.4, -0.2) is 20.9 Å². The molecule has 1 aromatic rings. The highest BCUT2D eigenvalue weighted by Gasteiger charge is 2.35. The lowest BCUT2D eigenvalue weighted by molar-refractivity contribution is 0.0850. The Bertz CT molecular complexity index is 612. The second-order valence-corrected chi connectivity index (χ2v) is 9.03. The van der Waals surface area contributed by atoms with E-state index in [1.54, 1.807) is 12.3 Å². The first kappa shape index (κ1) is 15.8. The Morgan fingerprint density at radius 1 is 1.50 bits per heavy atom. The van der Waals surface area contributed by atoms with Gasteiger partial charge < -0.3 is 5.32 Å². The summed E-state index contributed by atoms with van der Waals surface area (Å²) >= 11 is 0.990. The molecule has 0 radical (unpaired) electrons. The van der Waals surface area contributed by atoms with Crippen LogP contribution in [0.1, 0.15) is 48.5 Å². The molecule has 0 saturated heterocycles. The first-order chi connectivity index (χ1) is 9.29. The van der Waals surface area contributed by atoms with Gasteiger partial charge in [-0.25, -0.2) is 8.42 Å². The van der Waals surface area contributed by atoms with E-state index in [1.807, 2.05) is 0 Å². The largest absolute Gasteiger partial charge is 0.351 e. The van der Waals surface area contributed by atoms with E-state index in [-0.39, 0.29) is 15.5 Å². The molecule has 1 aromatic heterocycles. The first-order valence-corrected chi connectivity index (χ1v) is 9.79. The van der Waals surface area contributed by atoms with E-state index in [4.69, 9.17) is 10.7 Å². The van der Waals surface area contributed by atoms with E-state index < -0.39 is 9.05 Å². The van der Waals surface area contributed by atoms with Gasteiger partial charge in [0.05, 0.1) is 5.56 Å². The lowest BCUT2D eigenvalue weighted by Gasteiger charge is -2.41. The maximum Gasteiger partial charge on any atom is 0.271 e. The maximum atomic E-state index is 12.2. The van der Waals surface area contributed by atoms with Crippen LogP contribution in [0.15, 0.2) is 9.59 Å². The fourth-order valence-electron chi connectivity index (χ4n) is 2.56. The SMILES string of the molecule is CCC1(CNC(=O)c2csc(S(=O)(=O)Cl)c2C)CCC1. The fraction of sp³-hybridized carbons (Fsp3) is 0.615. The van der Waals surface area contributed by atoms with Crippen LogP contribution in [0.2, 0.25) is 0 Å². The standard InChI is InChI=1S/C13H18ClNO3S2/c1-3-13(5-4-6-13)8-15-11(16)10-7-19-12(9(10)2)20(14,17)18/h7H,3-6,8H2,1-2H3,(H,15,16). The zero-order valence-electron chi connectivity index (χ0n) is 11.5. The molecule has 4 nitrogen and oxygen atoms in total. The number of hydrogen-bond acceptors (Lipinski definition) is 4. The highest BCUT2D eigenvalue weighted by molar-refractivity contribution is 8.15. The van der Waals surface area contributed by atoms with Gasteiger partial charge in [-0.2, -0.15) is 0 Å². The van der Waals surface area contributed by atoms with Gasteiger partial charge >= 0.3 is 0 Å². The predicted octanol–water partition coefficient (Wildman–Crippen LogP) is 3.29. The molecule has 1 aliphatic carbocycles. The van der Waals surface area contributed by atoms with E-state index in [0.717, 1.165) is 30.6 Å². The van der Waals surface area contributed by atoms with Crippen LogP contribution < -0.4 is 5.32 Å². The number of halogens is 1. The summed E-state index contributed by atoms with van der Waals surface area (Å²) in [4.78, 5) is 12.2. The molecule has 0 aromatic carbocycles. The lowest BCUT2D eigenvalue weighted by Crippen LogP contribution is -2.41. The van der Waals surface area contributed by atoms with Crippen molar-refractivity contribution in [3.63, 3.8) is 0 Å². The zero-order valence-corrected chi connectivity index (χ0v) is 13.9. The molecule has 2 rings (SSSR count). The molecule has 1 amide bonds. The topological polar surface area (TPSA) is 63.2 Å². The summed E-state index contributed by atoms with van der Waals surface area (Å²) in [6.07, 6.45) is 4.56. The number of rotatable bonds is 5. The molecule has 0 atom stereocenters. The minimum Gasteiger partial charge on any atom is -0.351 e. The number of carbonyl (C=O) groups excluding carboxylic acids is 1. The van der Waals surface area contributed by atoms with E-state index in [2.05, 4.69) is 12.2 Å². The summed E-state index contributed by atoms with van der Waals surface area (Å²) in [6.45, 7) is 4.40. The van der Waals surface area contributed by atoms with Gasteiger partial charge in [0.2, 0.25) is 0 Å². The Morgan fingerprint density at radius 2 is 2.15 bits per heavy atom. The number of hydrogen-bond donors (Lipinski definition) is 1. The van der Waals surface area contributed by atoms with Crippen molar-refractivity contribution in [2.45, 2.75) is 43.7 Å². The molecule has 1 N–H and O–H groups in total. The molecule has 1 saturated carbocycles. The van der Waals surface area contributed by atoms with Crippen LogP contribution in [0, 0.1) is 12.3 Å². The van der Waals surface area contributed by atoms with Gasteiger partial charge in [-0.05, 0) is 37.2 Å². The van der Waals surface area contributed by atoms with Crippen molar-refractivity contribution in [2.75, 3.05) is 6.54 Å². The Kier molecular flexibility index (Phi) is 4.47. The molecule has 112 valence electrons. The molecular formula is C13H18ClNO3S2. The minimum atomic E-state index is -3.78. The van der Waals surface area contributed by atoms with Crippen LogP contribution >= 0.6 is 22.0 Å². The average molecular weight is 336 g/mol. The number of nitrogens with one attached hydrogen (secondary N) is 1. The van der Waals surface area contributed by atoms with Gasteiger partial charge in [0.15, 0.2) is 0 Å². The van der Waals surface area contributed by atoms with E-state index >= 15 is 0 Å². The van der Waals surface area contributed by atoms with Crippen molar-refractivity contribution < 1.29 is 13.2 Å². The molecule has 7 heteroatoms. The van der Waals surface area contributed by atoms with Crippen LogP contribution in [0.5, 0.6) is 0 Å². The normalized spacial score (nSPS) is 17.6. The molecule has 0 unspecified atom stereocenters. The van der Waals surface area contributed by atoms with Gasteiger partial charge in [-0.3, -0.25) is 4.79 Å². The van der Waals surface area contributed by atoms with E-state index in [1.165, 1.54) is 6.42 Å². The molecule has 20 heavy (non-hydrogen) atoms. The van der Waals surface area contributed by atoms with Crippen molar-refractivity contribution >= 4 is 37.0 Å². The summed E-state index contributed by atoms with van der Waals surface area (Å²) in [5.74, 6) is -0.218. The summed E-state index contributed by atoms with van der Waals surface area (Å²) in [6, 6.07) is 0. The first-order valence-electron chi connectivity index (χ1n) is 6.60. The molecule has 0 bridgehead atoms. The zero-order chi connectivity index (χ0) is 15.0. The van der Waals surface area contributed by atoms with Crippen LogP contribution in [0.3, 0.4) is 0 Å². The quantitative estimate of drug-likeness (QED) is 0.840. The minimum absolute atomic E-state index is 0.0539. The summed E-state index contributed by atoms with van der Waals surface area (Å²) < 4.78 is 22.8. The fourth-order valence-corrected chi connectivity index (χ4v) is 5.11. The van der Waals surface area contributed by atoms with Crippen LogP contribution in [0.25, 0.3) is 0 Å². The predicted molar refractivity (Wildman–Crippen MR) is 81.0 cm³/mol. The van der Waals surface area contributed by atoms with Crippen molar-refractivity contribution in [3.8, 4) is 0 Å². The third-order valence-electron chi connectivity index (χ3n) is 4.25. The molecule has 0 spiro atoms. The second-order valence-electron chi connectivity index (χ2n) is 5.39. The Balaban J connectivity index is 2.09. The highest BCUT2D eigenvalue weighted by atomic mass is 35.7. The Labute approximate surface area is 127 Å². The Hall–Kier alpha value is -0.590. The lowest BCUT2D eigenvalue weighted by atomic mass is 9.67. The maximum absolute atomic E-state index is 12.2. The molecule has 1 fully saturated rings. The van der Waals surface area contributed by atoms with Gasteiger partial charge in [0.1, 0.15) is 4.21 Å². The smallest absolute Gasteiger partial charge is 0.271 e. The van der Waals surface area contributed by atoms with E-state index in [0.29, 0.717) is 17.7 Å². The second kappa shape index (κ2) is 5.66. The Morgan fingerprint density at radius 3 is 2.55 bits per heavy atom. The summed E-state index contributed by atoms with van der Waals surface area (Å²) in [5, 5.41) is 4.48. The third-order valence-corrected chi connectivity index (χ3v) is 7.56. The van der Waals surface area contributed by atoms with Crippen molar-refractivity contribution in [1.82, 2.24) is 5.32 Å². The van der Waals surface area contributed by atoms with Gasteiger partial charge in [-0.15, -0.1) is 11.3 Å². The highest BCUT2D eigenvalue weighted by Crippen LogP contribution is 2.43. The van der Waals surface area contributed by atoms with Gasteiger partial charge in [0.25, 0.3) is 15.0 Å². The van der Waals surface area contributed by atoms with Crippen molar-refractivity contribution in [1.29, 1.82) is 0 Å².